The summed E-state index contributed by atoms with van der Waals surface area (Å²) in [4.78, 5) is 18.0. The second-order valence-corrected chi connectivity index (χ2v) is 10.6. The van der Waals surface area contributed by atoms with E-state index in [2.05, 4.69) is 21.2 Å². The maximum Gasteiger partial charge on any atom is 0.336 e. The van der Waals surface area contributed by atoms with E-state index in [0.717, 1.165) is 60.3 Å². The summed E-state index contributed by atoms with van der Waals surface area (Å²) in [6, 6.07) is 14.2. The van der Waals surface area contributed by atoms with Gasteiger partial charge in [0.2, 0.25) is 0 Å². The summed E-state index contributed by atoms with van der Waals surface area (Å²) in [5.41, 5.74) is 3.56. The summed E-state index contributed by atoms with van der Waals surface area (Å²) in [5, 5.41) is 14.7. The summed E-state index contributed by atoms with van der Waals surface area (Å²) in [7, 11) is 1.61. The molecule has 36 heavy (non-hydrogen) atoms. The third kappa shape index (κ3) is 4.99. The highest BCUT2D eigenvalue weighted by Gasteiger charge is 2.41. The molecule has 2 fully saturated rings. The zero-order valence-electron chi connectivity index (χ0n) is 20.6. The number of carboxylic acid groups (broad SMARTS) is 1. The summed E-state index contributed by atoms with van der Waals surface area (Å²) in [6.45, 7) is 4.96. The van der Waals surface area contributed by atoms with Crippen LogP contribution in [0.4, 0.5) is 0 Å². The van der Waals surface area contributed by atoms with Crippen LogP contribution in [-0.4, -0.2) is 59.9 Å². The molecule has 2 aliphatic heterocycles. The van der Waals surface area contributed by atoms with Gasteiger partial charge in [-0.1, -0.05) is 30.3 Å². The zero-order valence-corrected chi connectivity index (χ0v) is 23.0. The van der Waals surface area contributed by atoms with E-state index < -0.39 is 5.97 Å². The normalized spacial score (nSPS) is 17.9. The first kappa shape index (κ1) is 26.9. The van der Waals surface area contributed by atoms with Crippen molar-refractivity contribution < 1.29 is 19.1 Å². The minimum Gasteiger partial charge on any atom is -0.495 e. The Hall–Kier alpha value is -2.19. The molecule has 0 spiro atoms. The topological polar surface area (TPSA) is 71.5 Å². The molecule has 0 bridgehead atoms. The molecule has 0 unspecified atom stereocenters. The number of piperidine rings is 2. The molecule has 0 atom stereocenters. The summed E-state index contributed by atoms with van der Waals surface area (Å²) in [6.07, 6.45) is 5.90. The molecule has 5 rings (SSSR count). The maximum absolute atomic E-state index is 12.9. The van der Waals surface area contributed by atoms with Gasteiger partial charge in [0.05, 0.1) is 47.5 Å². The lowest BCUT2D eigenvalue weighted by atomic mass is 9.91. The van der Waals surface area contributed by atoms with Gasteiger partial charge < -0.3 is 19.6 Å². The molecule has 0 aliphatic carbocycles. The second-order valence-electron chi connectivity index (χ2n) is 9.83. The van der Waals surface area contributed by atoms with Crippen molar-refractivity contribution in [2.75, 3.05) is 33.3 Å². The Kier molecular flexibility index (Phi) is 8.56. The number of ether oxygens (including phenoxy) is 1. The standard InChI is InChI=1S/C28H32BrN3O3.ClH/c1-35-23-11-10-21-24(28(33)34)22(26(31-27(21)25(23)29)19-8-4-2-5-9-19)18-32(16-6-3-7-17-32)20-12-14-30-15-13-20;/h2,4-5,8-11,20,30H,3,6-7,12-18H2,1H3;1H/p+1. The average Bonchev–Trinajstić information content (AvgIpc) is 2.90. The highest BCUT2D eigenvalue weighted by atomic mass is 79.9. The van der Waals surface area contributed by atoms with Gasteiger partial charge in [-0.2, -0.15) is 0 Å². The molecule has 2 saturated heterocycles. The first-order valence-corrected chi connectivity index (χ1v) is 13.4. The highest BCUT2D eigenvalue weighted by molar-refractivity contribution is 9.10. The van der Waals surface area contributed by atoms with Crippen molar-refractivity contribution in [3.05, 3.63) is 58.1 Å². The number of aromatic carboxylic acids is 1. The first-order valence-electron chi connectivity index (χ1n) is 12.6. The quantitative estimate of drug-likeness (QED) is 0.351. The number of carboxylic acids is 1. The van der Waals surface area contributed by atoms with Gasteiger partial charge in [-0.05, 0) is 47.3 Å². The second kappa shape index (κ2) is 11.5. The monoisotopic (exact) mass is 574 g/mol. The number of benzene rings is 2. The van der Waals surface area contributed by atoms with Crippen LogP contribution in [0.5, 0.6) is 5.75 Å². The number of hydrogen-bond acceptors (Lipinski definition) is 4. The van der Waals surface area contributed by atoms with E-state index >= 15 is 0 Å². The van der Waals surface area contributed by atoms with E-state index in [0.29, 0.717) is 39.3 Å². The average molecular weight is 576 g/mol. The minimum atomic E-state index is -0.901. The number of fused-ring (bicyclic) bond motifs is 1. The van der Waals surface area contributed by atoms with Crippen LogP contribution in [0, 0.1) is 0 Å². The van der Waals surface area contributed by atoms with E-state index in [1.54, 1.807) is 7.11 Å². The van der Waals surface area contributed by atoms with E-state index in [9.17, 15) is 9.90 Å². The Morgan fingerprint density at radius 2 is 1.81 bits per heavy atom. The van der Waals surface area contributed by atoms with Gasteiger partial charge in [0, 0.05) is 42.4 Å². The van der Waals surface area contributed by atoms with E-state index in [1.807, 2.05) is 42.5 Å². The van der Waals surface area contributed by atoms with E-state index in [1.165, 1.54) is 19.3 Å². The lowest BCUT2D eigenvalue weighted by Gasteiger charge is -2.49. The number of methoxy groups -OCH3 is 1. The Bertz CT molecular complexity index is 1230. The number of nitrogens with zero attached hydrogens (tertiary/aromatic N) is 2. The number of nitrogens with one attached hydrogen (secondary N) is 1. The largest absolute Gasteiger partial charge is 0.495 e. The molecule has 2 aliphatic rings. The summed E-state index contributed by atoms with van der Waals surface area (Å²) in [5.74, 6) is -0.260. The molecule has 2 N–H and O–H groups in total. The van der Waals surface area contributed by atoms with Crippen LogP contribution in [0.3, 0.4) is 0 Å². The van der Waals surface area contributed by atoms with Gasteiger partial charge in [-0.3, -0.25) is 0 Å². The van der Waals surface area contributed by atoms with Crippen LogP contribution in [0.15, 0.2) is 46.9 Å². The fourth-order valence-corrected chi connectivity index (χ4v) is 6.77. The molecular weight excluding hydrogens is 542 g/mol. The summed E-state index contributed by atoms with van der Waals surface area (Å²) >= 11 is 3.64. The van der Waals surface area contributed by atoms with Gasteiger partial charge in [0.15, 0.2) is 0 Å². The van der Waals surface area contributed by atoms with Gasteiger partial charge in [0.25, 0.3) is 0 Å². The number of likely N-dealkylation sites (tertiary alicyclic amines) is 1. The van der Waals surface area contributed by atoms with Crippen LogP contribution >= 0.6 is 28.3 Å². The lowest BCUT2D eigenvalue weighted by Crippen LogP contribution is -2.60. The van der Waals surface area contributed by atoms with Crippen molar-refractivity contribution in [2.24, 2.45) is 0 Å². The zero-order chi connectivity index (χ0) is 24.4. The predicted octanol–water partition coefficient (Wildman–Crippen LogP) is 6.05. The Morgan fingerprint density at radius 3 is 2.44 bits per heavy atom. The molecule has 0 amide bonds. The third-order valence-corrected chi connectivity index (χ3v) is 8.67. The van der Waals surface area contributed by atoms with Gasteiger partial charge >= 0.3 is 5.97 Å². The van der Waals surface area contributed by atoms with Crippen LogP contribution in [-0.2, 0) is 6.54 Å². The van der Waals surface area contributed by atoms with Crippen molar-refractivity contribution in [2.45, 2.75) is 44.7 Å². The van der Waals surface area contributed by atoms with E-state index in [4.69, 9.17) is 9.72 Å². The number of aromatic nitrogens is 1. The summed E-state index contributed by atoms with van der Waals surface area (Å²) < 4.78 is 7.15. The number of pyridine rings is 1. The van der Waals surface area contributed by atoms with Crippen molar-refractivity contribution in [3.63, 3.8) is 0 Å². The lowest BCUT2D eigenvalue weighted by molar-refractivity contribution is -0.968. The molecule has 3 aromatic rings. The highest BCUT2D eigenvalue weighted by Crippen LogP contribution is 2.40. The molecule has 2 aromatic carbocycles. The molecule has 0 radical (unpaired) electrons. The fraction of sp³-hybridized carbons (Fsp3) is 0.429. The molecule has 3 heterocycles. The smallest absolute Gasteiger partial charge is 0.336 e. The number of quaternary nitrogens is 1. The molecule has 0 saturated carbocycles. The Balaban J connectivity index is 0.00000304. The fourth-order valence-electron chi connectivity index (χ4n) is 6.17. The first-order chi connectivity index (χ1) is 17.0. The molecule has 192 valence electrons. The number of hydrogen-bond donors (Lipinski definition) is 2. The third-order valence-electron chi connectivity index (χ3n) is 7.91. The van der Waals surface area contributed by atoms with Gasteiger partial charge in [-0.25, -0.2) is 9.78 Å². The van der Waals surface area contributed by atoms with Crippen molar-refractivity contribution in [1.29, 1.82) is 0 Å². The Labute approximate surface area is 227 Å². The molecule has 1 aromatic heterocycles. The van der Waals surface area contributed by atoms with Crippen molar-refractivity contribution >= 4 is 45.2 Å². The van der Waals surface area contributed by atoms with Crippen LogP contribution in [0.1, 0.15) is 48.0 Å². The van der Waals surface area contributed by atoms with Gasteiger partial charge in [0.1, 0.15) is 12.3 Å². The SMILES string of the molecule is COc1ccc2c(C(=O)O)c(C[N+]3(C4CCNCC4)CCCCC3)c(-c3ccccc3)nc2c1Br.Cl. The van der Waals surface area contributed by atoms with E-state index in [-0.39, 0.29) is 12.4 Å². The van der Waals surface area contributed by atoms with Crippen LogP contribution in [0.25, 0.3) is 22.2 Å². The van der Waals surface area contributed by atoms with Crippen molar-refractivity contribution in [3.8, 4) is 17.0 Å². The van der Waals surface area contributed by atoms with Crippen LogP contribution < -0.4 is 10.1 Å². The number of carbonyl (C=O) groups is 1. The minimum absolute atomic E-state index is 0. The number of halogens is 2. The molecule has 8 heteroatoms. The Morgan fingerprint density at radius 1 is 1.11 bits per heavy atom. The number of rotatable bonds is 6. The predicted molar refractivity (Wildman–Crippen MR) is 149 cm³/mol. The molecular formula is C28H34BrClN3O3+. The maximum atomic E-state index is 12.9. The van der Waals surface area contributed by atoms with Gasteiger partial charge in [-0.15, -0.1) is 12.4 Å². The van der Waals surface area contributed by atoms with Crippen molar-refractivity contribution in [1.82, 2.24) is 10.3 Å². The van der Waals surface area contributed by atoms with Crippen LogP contribution in [0.2, 0.25) is 0 Å². The molecule has 6 nitrogen and oxygen atoms in total.